The summed E-state index contributed by atoms with van der Waals surface area (Å²) < 4.78 is 5.19. The van der Waals surface area contributed by atoms with Crippen molar-refractivity contribution in [2.75, 3.05) is 25.2 Å². The van der Waals surface area contributed by atoms with Crippen LogP contribution in [0.25, 0.3) is 0 Å². The lowest BCUT2D eigenvalue weighted by Gasteiger charge is -2.32. The second-order valence-corrected chi connectivity index (χ2v) is 4.47. The lowest BCUT2D eigenvalue weighted by atomic mass is 10.1. The Labute approximate surface area is 115 Å². The predicted octanol–water partition coefficient (Wildman–Crippen LogP) is 2.01. The number of pyridine rings is 1. The first-order valence-electron chi connectivity index (χ1n) is 6.70. The van der Waals surface area contributed by atoms with Gasteiger partial charge in [-0.2, -0.15) is 0 Å². The monoisotopic (exact) mass is 264 g/mol. The smallest absolute Gasteiger partial charge is 0.141 e. The van der Waals surface area contributed by atoms with Crippen LogP contribution in [0.5, 0.6) is 0 Å². The molecule has 0 unspecified atom stereocenters. The fourth-order valence-electron chi connectivity index (χ4n) is 2.19. The molecular formula is C14H24N4O. The van der Waals surface area contributed by atoms with Crippen LogP contribution in [0.3, 0.4) is 0 Å². The molecule has 1 rings (SSSR count). The number of nitrogens with one attached hydrogen (secondary N) is 1. The summed E-state index contributed by atoms with van der Waals surface area (Å²) in [6.07, 6.45) is 3.84. The van der Waals surface area contributed by atoms with Gasteiger partial charge in [-0.05, 0) is 25.0 Å². The maximum atomic E-state index is 7.48. The van der Waals surface area contributed by atoms with Gasteiger partial charge in [0.25, 0.3) is 0 Å². The molecule has 3 N–H and O–H groups in total. The van der Waals surface area contributed by atoms with E-state index in [9.17, 15) is 0 Å². The van der Waals surface area contributed by atoms with Gasteiger partial charge in [-0.25, -0.2) is 0 Å². The first-order valence-corrected chi connectivity index (χ1v) is 6.70. The van der Waals surface area contributed by atoms with Gasteiger partial charge in [0.2, 0.25) is 0 Å². The van der Waals surface area contributed by atoms with E-state index in [2.05, 4.69) is 23.7 Å². The van der Waals surface area contributed by atoms with Gasteiger partial charge in [0, 0.05) is 31.6 Å². The quantitative estimate of drug-likeness (QED) is 0.556. The Morgan fingerprint density at radius 1 is 1.47 bits per heavy atom. The molecule has 0 aliphatic heterocycles. The summed E-state index contributed by atoms with van der Waals surface area (Å²) in [5.74, 6) is -0.00177. The van der Waals surface area contributed by atoms with E-state index in [1.807, 2.05) is 12.1 Å². The molecule has 0 spiro atoms. The predicted molar refractivity (Wildman–Crippen MR) is 78.8 cm³/mol. The third kappa shape index (κ3) is 4.21. The normalized spacial score (nSPS) is 10.7. The molecule has 0 bridgehead atoms. The van der Waals surface area contributed by atoms with E-state index in [1.165, 1.54) is 0 Å². The standard InChI is InChI=1S/C14H24N4O/c1-4-11(5-2)18(8-9-19-3)12-6-7-17-13(10-12)14(15)16/h6-7,10-11H,4-5,8-9H2,1-3H3,(H3,15,16). The lowest BCUT2D eigenvalue weighted by Crippen LogP contribution is -2.37. The Morgan fingerprint density at radius 3 is 2.68 bits per heavy atom. The van der Waals surface area contributed by atoms with Crippen LogP contribution in [-0.2, 0) is 4.74 Å². The lowest BCUT2D eigenvalue weighted by molar-refractivity contribution is 0.202. The fraction of sp³-hybridized carbons (Fsp3) is 0.571. The fourth-order valence-corrected chi connectivity index (χ4v) is 2.19. The van der Waals surface area contributed by atoms with Gasteiger partial charge in [-0.3, -0.25) is 10.4 Å². The minimum atomic E-state index is -0.00177. The van der Waals surface area contributed by atoms with Gasteiger partial charge in [-0.1, -0.05) is 13.8 Å². The highest BCUT2D eigenvalue weighted by molar-refractivity contribution is 5.93. The van der Waals surface area contributed by atoms with E-state index in [4.69, 9.17) is 15.9 Å². The molecule has 1 aromatic heterocycles. The second-order valence-electron chi connectivity index (χ2n) is 4.47. The van der Waals surface area contributed by atoms with E-state index in [0.29, 0.717) is 18.3 Å². The van der Waals surface area contributed by atoms with Gasteiger partial charge in [-0.15, -0.1) is 0 Å². The van der Waals surface area contributed by atoms with Crippen molar-refractivity contribution in [2.24, 2.45) is 5.73 Å². The molecule has 0 aliphatic rings. The Kier molecular flexibility index (Phi) is 6.29. The van der Waals surface area contributed by atoms with Crippen LogP contribution in [0.1, 0.15) is 32.4 Å². The number of anilines is 1. The van der Waals surface area contributed by atoms with Crippen molar-refractivity contribution in [3.8, 4) is 0 Å². The van der Waals surface area contributed by atoms with Crippen LogP contribution in [-0.4, -0.2) is 37.1 Å². The molecule has 0 saturated heterocycles. The van der Waals surface area contributed by atoms with Crippen molar-refractivity contribution in [1.82, 2.24) is 4.98 Å². The van der Waals surface area contributed by atoms with E-state index in [-0.39, 0.29) is 5.84 Å². The molecule has 106 valence electrons. The van der Waals surface area contributed by atoms with Crippen LogP contribution in [0.2, 0.25) is 0 Å². The third-order valence-electron chi connectivity index (χ3n) is 3.27. The molecule has 19 heavy (non-hydrogen) atoms. The van der Waals surface area contributed by atoms with E-state index < -0.39 is 0 Å². The molecule has 1 heterocycles. The molecule has 0 aliphatic carbocycles. The van der Waals surface area contributed by atoms with Crippen molar-refractivity contribution in [3.63, 3.8) is 0 Å². The maximum absolute atomic E-state index is 7.48. The molecule has 0 amide bonds. The summed E-state index contributed by atoms with van der Waals surface area (Å²) >= 11 is 0. The van der Waals surface area contributed by atoms with Gasteiger partial charge in [0.15, 0.2) is 0 Å². The average molecular weight is 264 g/mol. The average Bonchev–Trinajstić information content (AvgIpc) is 2.43. The number of nitrogens with zero attached hydrogens (tertiary/aromatic N) is 2. The van der Waals surface area contributed by atoms with Gasteiger partial charge in [0.05, 0.1) is 6.61 Å². The van der Waals surface area contributed by atoms with E-state index in [1.54, 1.807) is 13.3 Å². The highest BCUT2D eigenvalue weighted by Crippen LogP contribution is 2.20. The molecular weight excluding hydrogens is 240 g/mol. The number of methoxy groups -OCH3 is 1. The zero-order valence-electron chi connectivity index (χ0n) is 12.0. The summed E-state index contributed by atoms with van der Waals surface area (Å²) in [4.78, 5) is 6.41. The molecule has 0 aromatic carbocycles. The highest BCUT2D eigenvalue weighted by atomic mass is 16.5. The minimum Gasteiger partial charge on any atom is -0.383 e. The maximum Gasteiger partial charge on any atom is 0.141 e. The van der Waals surface area contributed by atoms with Crippen molar-refractivity contribution in [3.05, 3.63) is 24.0 Å². The summed E-state index contributed by atoms with van der Waals surface area (Å²) in [7, 11) is 1.71. The Hall–Kier alpha value is -1.62. The summed E-state index contributed by atoms with van der Waals surface area (Å²) in [5.41, 5.74) is 7.07. The molecule has 0 saturated carbocycles. The number of hydrogen-bond acceptors (Lipinski definition) is 4. The minimum absolute atomic E-state index is 0.00177. The summed E-state index contributed by atoms with van der Waals surface area (Å²) in [5, 5.41) is 7.48. The zero-order valence-corrected chi connectivity index (χ0v) is 12.0. The van der Waals surface area contributed by atoms with Gasteiger partial charge >= 0.3 is 0 Å². The Morgan fingerprint density at radius 2 is 2.16 bits per heavy atom. The molecule has 5 nitrogen and oxygen atoms in total. The Bertz CT molecular complexity index is 404. The SMILES string of the molecule is CCC(CC)N(CCOC)c1ccnc(C(=N)N)c1. The number of nitrogens with two attached hydrogens (primary N) is 1. The van der Waals surface area contributed by atoms with Crippen molar-refractivity contribution < 1.29 is 4.74 Å². The first-order chi connectivity index (χ1) is 9.13. The molecule has 1 aromatic rings. The number of aromatic nitrogens is 1. The van der Waals surface area contributed by atoms with Crippen LogP contribution >= 0.6 is 0 Å². The molecule has 0 fully saturated rings. The number of nitrogen functional groups attached to an aromatic ring is 1. The number of hydrogen-bond donors (Lipinski definition) is 2. The third-order valence-corrected chi connectivity index (χ3v) is 3.27. The van der Waals surface area contributed by atoms with Gasteiger partial charge in [0.1, 0.15) is 11.5 Å². The largest absolute Gasteiger partial charge is 0.383 e. The van der Waals surface area contributed by atoms with Crippen LogP contribution in [0.4, 0.5) is 5.69 Å². The van der Waals surface area contributed by atoms with Crippen LogP contribution < -0.4 is 10.6 Å². The second kappa shape index (κ2) is 7.74. The number of ether oxygens (including phenoxy) is 1. The molecule has 0 radical (unpaired) electrons. The molecule has 0 atom stereocenters. The summed E-state index contributed by atoms with van der Waals surface area (Å²) in [6, 6.07) is 4.29. The van der Waals surface area contributed by atoms with Crippen molar-refractivity contribution in [1.29, 1.82) is 5.41 Å². The zero-order chi connectivity index (χ0) is 14.3. The topological polar surface area (TPSA) is 75.2 Å². The molecule has 5 heteroatoms. The first kappa shape index (κ1) is 15.4. The number of amidine groups is 1. The highest BCUT2D eigenvalue weighted by Gasteiger charge is 2.16. The van der Waals surface area contributed by atoms with Gasteiger partial charge < -0.3 is 15.4 Å². The number of rotatable bonds is 8. The van der Waals surface area contributed by atoms with E-state index in [0.717, 1.165) is 25.1 Å². The van der Waals surface area contributed by atoms with E-state index >= 15 is 0 Å². The summed E-state index contributed by atoms with van der Waals surface area (Å²) in [6.45, 7) is 5.86. The van der Waals surface area contributed by atoms with Crippen LogP contribution in [0.15, 0.2) is 18.3 Å². The van der Waals surface area contributed by atoms with Crippen molar-refractivity contribution in [2.45, 2.75) is 32.7 Å². The van der Waals surface area contributed by atoms with Crippen LogP contribution in [0, 0.1) is 5.41 Å². The van der Waals surface area contributed by atoms with Crippen molar-refractivity contribution >= 4 is 11.5 Å². The Balaban J connectivity index is 3.01.